The van der Waals surface area contributed by atoms with E-state index < -0.39 is 78.2 Å². The van der Waals surface area contributed by atoms with Gasteiger partial charge in [0.05, 0.1) is 6.04 Å². The predicted molar refractivity (Wildman–Crippen MR) is 226 cm³/mol. The van der Waals surface area contributed by atoms with Crippen LogP contribution in [0, 0.1) is 5.92 Å². The number of hydrogen-bond acceptors (Lipinski definition) is 9. The van der Waals surface area contributed by atoms with Crippen molar-refractivity contribution in [1.29, 1.82) is 0 Å². The van der Waals surface area contributed by atoms with Crippen LogP contribution in [-0.4, -0.2) is 112 Å². The van der Waals surface area contributed by atoms with Gasteiger partial charge in [-0.05, 0) is 61.6 Å². The molecule has 2 saturated heterocycles. The first-order valence-electron chi connectivity index (χ1n) is 21.1. The molecule has 2 aromatic carbocycles. The summed E-state index contributed by atoms with van der Waals surface area (Å²) >= 11 is 0. The maximum absolute atomic E-state index is 15.0. The summed E-state index contributed by atoms with van der Waals surface area (Å²) in [5.41, 5.74) is 26.3. The first kappa shape index (κ1) is 43.8. The number of aliphatic imine (C=N–C) groups is 1. The number of aromatic amines is 1. The van der Waals surface area contributed by atoms with E-state index in [4.69, 9.17) is 22.9 Å². The summed E-state index contributed by atoms with van der Waals surface area (Å²) in [4.78, 5) is 97.0. The molecule has 0 spiro atoms. The Morgan fingerprint density at radius 1 is 0.800 bits per heavy atom. The monoisotopic (exact) mass is 825 g/mol. The third kappa shape index (κ3) is 10.7. The van der Waals surface area contributed by atoms with Crippen LogP contribution in [0.25, 0.3) is 10.9 Å². The highest BCUT2D eigenvalue weighted by Gasteiger charge is 2.46. The van der Waals surface area contributed by atoms with Crippen LogP contribution in [0.5, 0.6) is 0 Å². The van der Waals surface area contributed by atoms with Gasteiger partial charge >= 0.3 is 0 Å². The molecular formula is C43H59N11O6. The summed E-state index contributed by atoms with van der Waals surface area (Å²) in [5.74, 6) is -4.34. The van der Waals surface area contributed by atoms with Crippen molar-refractivity contribution < 1.29 is 28.8 Å². The lowest BCUT2D eigenvalue weighted by Crippen LogP contribution is -2.64. The minimum Gasteiger partial charge on any atom is -0.370 e. The number of aromatic nitrogens is 1. The lowest BCUT2D eigenvalue weighted by molar-refractivity contribution is -0.158. The molecule has 60 heavy (non-hydrogen) atoms. The zero-order chi connectivity index (χ0) is 42.8. The third-order valence-corrected chi connectivity index (χ3v) is 12.0. The number of carbonyl (C=O) groups excluding carboxylic acids is 6. The molecule has 17 heteroatoms. The van der Waals surface area contributed by atoms with E-state index in [0.29, 0.717) is 19.3 Å². The minimum absolute atomic E-state index is 0.0193. The third-order valence-electron chi connectivity index (χ3n) is 12.0. The second-order valence-electron chi connectivity index (χ2n) is 16.2. The van der Waals surface area contributed by atoms with E-state index in [-0.39, 0.29) is 50.7 Å². The number of hydrogen-bond donors (Lipinski definition) is 8. The van der Waals surface area contributed by atoms with Gasteiger partial charge in [0.2, 0.25) is 29.5 Å². The average Bonchev–Trinajstić information content (AvgIpc) is 3.91. The summed E-state index contributed by atoms with van der Waals surface area (Å²) in [5, 5.41) is 9.56. The van der Waals surface area contributed by atoms with Crippen molar-refractivity contribution in [2.24, 2.45) is 33.8 Å². The van der Waals surface area contributed by atoms with Crippen LogP contribution in [0.4, 0.5) is 0 Å². The smallest absolute Gasteiger partial charge is 0.252 e. The lowest BCUT2D eigenvalue weighted by atomic mass is 9.84. The van der Waals surface area contributed by atoms with Gasteiger partial charge in [0.25, 0.3) is 5.91 Å². The summed E-state index contributed by atoms with van der Waals surface area (Å²) in [6.45, 7) is -0.240. The fourth-order valence-electron chi connectivity index (χ4n) is 8.82. The average molecular weight is 826 g/mol. The van der Waals surface area contributed by atoms with Gasteiger partial charge in [-0.1, -0.05) is 80.6 Å². The Labute approximate surface area is 349 Å². The predicted octanol–water partition coefficient (Wildman–Crippen LogP) is 0.446. The molecule has 3 heterocycles. The van der Waals surface area contributed by atoms with E-state index in [0.717, 1.165) is 59.0 Å². The molecule has 17 nitrogen and oxygen atoms in total. The molecule has 6 atom stereocenters. The van der Waals surface area contributed by atoms with Gasteiger partial charge in [-0.25, -0.2) is 0 Å². The van der Waals surface area contributed by atoms with Gasteiger partial charge in [0.15, 0.2) is 5.96 Å². The van der Waals surface area contributed by atoms with Crippen molar-refractivity contribution in [3.8, 4) is 0 Å². The molecule has 1 saturated carbocycles. The second kappa shape index (κ2) is 20.4. The molecule has 0 unspecified atom stereocenters. The Bertz CT molecular complexity index is 2030. The van der Waals surface area contributed by atoms with Crippen molar-refractivity contribution in [2.45, 2.75) is 113 Å². The fourth-order valence-corrected chi connectivity index (χ4v) is 8.82. The molecule has 322 valence electrons. The maximum atomic E-state index is 15.0. The standard InChI is InChI=1S/C43H59N11O6/c44-24-36-42(60)53-20-10-18-35(53)39(57)52-33(22-27-13-5-2-6-14-27)37(55)51-34(23-28-25-49-31-16-8-7-15-29(28)31)38(56)50-32(17-9-19-48-43(46)47)41(59)54(36)40(58)30(45)21-26-11-3-1-4-12-26/h1,3-4,7-8,11-12,15-16,25,27,30,32-36,49H,2,5-6,9-10,13-14,17-24,44-45H2,(H,50,56)(H,51,55)(H,52,57)(H4,46,47,48)/t30-,32-,33+,34-,35-,36-/m0/s1. The zero-order valence-electron chi connectivity index (χ0n) is 34.0. The molecule has 6 amide bonds. The van der Waals surface area contributed by atoms with Crippen LogP contribution in [-0.2, 0) is 41.6 Å². The van der Waals surface area contributed by atoms with E-state index in [1.165, 1.54) is 4.90 Å². The number of rotatable bonds is 12. The van der Waals surface area contributed by atoms with Gasteiger partial charge in [0, 0.05) is 43.2 Å². The molecule has 1 aliphatic carbocycles. The number of para-hydroxylation sites is 1. The molecule has 6 rings (SSSR count). The van der Waals surface area contributed by atoms with Gasteiger partial charge in [-0.3, -0.25) is 38.7 Å². The van der Waals surface area contributed by atoms with E-state index in [1.54, 1.807) is 30.5 Å². The van der Waals surface area contributed by atoms with Crippen LogP contribution in [0.3, 0.4) is 0 Å². The van der Waals surface area contributed by atoms with Gasteiger partial charge < -0.3 is 48.8 Å². The number of guanidine groups is 1. The molecule has 3 fully saturated rings. The molecule has 12 N–H and O–H groups in total. The Morgan fingerprint density at radius 3 is 2.22 bits per heavy atom. The van der Waals surface area contributed by atoms with Crippen LogP contribution >= 0.6 is 0 Å². The van der Waals surface area contributed by atoms with Gasteiger partial charge in [0.1, 0.15) is 30.2 Å². The molecule has 1 aromatic heterocycles. The molecule has 3 aromatic rings. The lowest BCUT2D eigenvalue weighted by Gasteiger charge is -2.36. The Kier molecular flexibility index (Phi) is 14.9. The summed E-state index contributed by atoms with van der Waals surface area (Å²) in [6, 6.07) is 8.99. The Balaban J connectivity index is 1.43. The van der Waals surface area contributed by atoms with E-state index >= 15 is 4.79 Å². The largest absolute Gasteiger partial charge is 0.370 e. The number of nitrogens with zero attached hydrogens (tertiary/aromatic N) is 3. The first-order valence-corrected chi connectivity index (χ1v) is 21.1. The summed E-state index contributed by atoms with van der Waals surface area (Å²) in [6.07, 6.45) is 7.94. The van der Waals surface area contributed by atoms with Crippen LogP contribution in [0.2, 0.25) is 0 Å². The highest BCUT2D eigenvalue weighted by atomic mass is 16.2. The molecule has 0 radical (unpaired) electrons. The van der Waals surface area contributed by atoms with Crippen molar-refractivity contribution in [3.05, 3.63) is 71.9 Å². The normalized spacial score (nSPS) is 24.2. The number of H-pyrrole nitrogens is 1. The molecule has 2 aliphatic heterocycles. The summed E-state index contributed by atoms with van der Waals surface area (Å²) < 4.78 is 0. The zero-order valence-corrected chi connectivity index (χ0v) is 34.0. The van der Waals surface area contributed by atoms with Crippen LogP contribution in [0.15, 0.2) is 65.8 Å². The molecule has 3 aliphatic rings. The maximum Gasteiger partial charge on any atom is 0.252 e. The number of imide groups is 1. The highest BCUT2D eigenvalue weighted by Crippen LogP contribution is 2.29. The number of nitrogens with one attached hydrogen (secondary N) is 4. The fraction of sp³-hybridized carbons (Fsp3) is 0.512. The molecule has 0 bridgehead atoms. The van der Waals surface area contributed by atoms with Gasteiger partial charge in [-0.2, -0.15) is 0 Å². The number of fused-ring (bicyclic) bond motifs is 2. The van der Waals surface area contributed by atoms with Crippen molar-refractivity contribution in [1.82, 2.24) is 30.7 Å². The first-order chi connectivity index (χ1) is 28.9. The highest BCUT2D eigenvalue weighted by molar-refractivity contribution is 6.06. The van der Waals surface area contributed by atoms with Crippen molar-refractivity contribution >= 4 is 52.3 Å². The van der Waals surface area contributed by atoms with Crippen molar-refractivity contribution in [3.63, 3.8) is 0 Å². The number of nitrogens with two attached hydrogens (primary N) is 4. The number of carbonyl (C=O) groups is 6. The van der Waals surface area contributed by atoms with E-state index in [2.05, 4.69) is 25.9 Å². The Morgan fingerprint density at radius 2 is 1.48 bits per heavy atom. The Hall–Kier alpha value is -5.81. The van der Waals surface area contributed by atoms with E-state index in [1.807, 2.05) is 30.3 Å². The van der Waals surface area contributed by atoms with Crippen LogP contribution in [0.1, 0.15) is 75.3 Å². The number of benzene rings is 2. The molecular weight excluding hydrogens is 767 g/mol. The van der Waals surface area contributed by atoms with Crippen molar-refractivity contribution in [2.75, 3.05) is 19.6 Å². The minimum atomic E-state index is -1.57. The van der Waals surface area contributed by atoms with Gasteiger partial charge in [-0.15, -0.1) is 0 Å². The number of amides is 6. The quantitative estimate of drug-likeness (QED) is 0.0709. The SMILES string of the molecule is NC[C@H]1C(=O)N2CCC[C@H]2C(=O)N[C@H](CC2CCCCC2)C(=O)N[C@@H](Cc2c[nH]c3ccccc23)C(=O)N[C@@H](CCCN=C(N)N)C(=O)N1C(=O)[C@@H](N)Cc1ccccc1. The van der Waals surface area contributed by atoms with E-state index in [9.17, 15) is 24.0 Å². The topological polar surface area (TPSA) is 277 Å². The van der Waals surface area contributed by atoms with Crippen LogP contribution < -0.4 is 38.9 Å². The summed E-state index contributed by atoms with van der Waals surface area (Å²) in [7, 11) is 0. The second-order valence-corrected chi connectivity index (χ2v) is 16.2.